The molecule has 0 saturated heterocycles. The molecule has 0 amide bonds. The van der Waals surface area contributed by atoms with Crippen molar-refractivity contribution in [2.24, 2.45) is 0 Å². The minimum absolute atomic E-state index is 0. The Morgan fingerprint density at radius 1 is 1.60 bits per heavy atom. The second-order valence-electron chi connectivity index (χ2n) is 0.316. The number of halogens is 1. The van der Waals surface area contributed by atoms with E-state index in [2.05, 4.69) is 0 Å². The largest absolute Gasteiger partial charge is 0.397 e. The fourth-order valence-corrected chi connectivity index (χ4v) is 0. The van der Waals surface area contributed by atoms with E-state index in [1.807, 2.05) is 0 Å². The molecule has 3 heteroatoms. The molecule has 1 radical (unpaired) electrons. The normalized spacial score (nSPS) is 3.60. The average Bonchev–Trinajstić information content (AvgIpc) is 0.918. The van der Waals surface area contributed by atoms with Crippen LogP contribution in [0.1, 0.15) is 6.92 Å². The Balaban J connectivity index is -0.0000000200. The SMILES string of the molecule is CCO.Cl.[Rh]. The van der Waals surface area contributed by atoms with Crippen molar-refractivity contribution >= 4 is 12.4 Å². The summed E-state index contributed by atoms with van der Waals surface area (Å²) in [4.78, 5) is 0. The Bertz CT molecular complexity index is 9.61. The van der Waals surface area contributed by atoms with Crippen LogP contribution in [0.5, 0.6) is 0 Å². The number of rotatable bonds is 0. The molecule has 0 saturated carbocycles. The topological polar surface area (TPSA) is 20.2 Å². The zero-order valence-electron chi connectivity index (χ0n) is 2.90. The molecule has 0 heterocycles. The van der Waals surface area contributed by atoms with Gasteiger partial charge in [-0.3, -0.25) is 0 Å². The first-order chi connectivity index (χ1) is 1.41. The summed E-state index contributed by atoms with van der Waals surface area (Å²) in [5, 5.41) is 7.57. The number of hydrogen-bond acceptors (Lipinski definition) is 1. The summed E-state index contributed by atoms with van der Waals surface area (Å²) in [5.74, 6) is 0. The van der Waals surface area contributed by atoms with Gasteiger partial charge in [-0.25, -0.2) is 0 Å². The summed E-state index contributed by atoms with van der Waals surface area (Å²) < 4.78 is 0. The fraction of sp³-hybridized carbons (Fsp3) is 1.00. The third-order valence-corrected chi connectivity index (χ3v) is 0. The third kappa shape index (κ3) is 52.7. The summed E-state index contributed by atoms with van der Waals surface area (Å²) in [6.07, 6.45) is 0. The van der Waals surface area contributed by atoms with Crippen molar-refractivity contribution in [3.63, 3.8) is 0 Å². The van der Waals surface area contributed by atoms with Gasteiger partial charge in [0.1, 0.15) is 0 Å². The van der Waals surface area contributed by atoms with E-state index in [9.17, 15) is 0 Å². The van der Waals surface area contributed by atoms with Gasteiger partial charge in [0.2, 0.25) is 0 Å². The first kappa shape index (κ1) is 16.9. The second kappa shape index (κ2) is 20.8. The first-order valence-corrected chi connectivity index (χ1v) is 1.02. The molecule has 37 valence electrons. The van der Waals surface area contributed by atoms with Gasteiger partial charge in [0.15, 0.2) is 0 Å². The molecule has 0 spiro atoms. The van der Waals surface area contributed by atoms with Crippen molar-refractivity contribution in [2.75, 3.05) is 6.61 Å². The van der Waals surface area contributed by atoms with E-state index in [0.717, 1.165) is 0 Å². The van der Waals surface area contributed by atoms with Crippen molar-refractivity contribution in [1.82, 2.24) is 0 Å². The Morgan fingerprint density at radius 2 is 1.60 bits per heavy atom. The van der Waals surface area contributed by atoms with Crippen LogP contribution in [0.25, 0.3) is 0 Å². The van der Waals surface area contributed by atoms with Crippen LogP contribution in [0.3, 0.4) is 0 Å². The van der Waals surface area contributed by atoms with Gasteiger partial charge in [-0.05, 0) is 6.92 Å². The van der Waals surface area contributed by atoms with Gasteiger partial charge < -0.3 is 5.11 Å². The van der Waals surface area contributed by atoms with E-state index < -0.39 is 0 Å². The summed E-state index contributed by atoms with van der Waals surface area (Å²) in [5.41, 5.74) is 0. The molecule has 0 aliphatic carbocycles. The van der Waals surface area contributed by atoms with Gasteiger partial charge in [0, 0.05) is 26.1 Å². The van der Waals surface area contributed by atoms with Crippen LogP contribution in [-0.2, 0) is 19.5 Å². The molecule has 0 aromatic heterocycles. The Labute approximate surface area is 50.9 Å². The molecule has 0 aromatic rings. The minimum Gasteiger partial charge on any atom is -0.397 e. The first-order valence-electron chi connectivity index (χ1n) is 1.02. The quantitative estimate of drug-likeness (QED) is 0.542. The van der Waals surface area contributed by atoms with E-state index >= 15 is 0 Å². The van der Waals surface area contributed by atoms with Crippen LogP contribution in [0.2, 0.25) is 0 Å². The van der Waals surface area contributed by atoms with Crippen LogP contribution in [0.15, 0.2) is 0 Å². The molecule has 0 rings (SSSR count). The Kier molecular flexibility index (Phi) is 70.4. The van der Waals surface area contributed by atoms with Gasteiger partial charge in [-0.1, -0.05) is 0 Å². The van der Waals surface area contributed by atoms with Crippen molar-refractivity contribution in [3.05, 3.63) is 0 Å². The zero-order valence-corrected chi connectivity index (χ0v) is 5.35. The average molecular weight is 185 g/mol. The summed E-state index contributed by atoms with van der Waals surface area (Å²) in [7, 11) is 0. The summed E-state index contributed by atoms with van der Waals surface area (Å²) >= 11 is 0. The van der Waals surface area contributed by atoms with E-state index in [1.54, 1.807) is 6.92 Å². The number of aliphatic hydroxyl groups is 1. The second-order valence-corrected chi connectivity index (χ2v) is 0.316. The molecule has 0 atom stereocenters. The van der Waals surface area contributed by atoms with Crippen molar-refractivity contribution in [1.29, 1.82) is 0 Å². The zero-order chi connectivity index (χ0) is 2.71. The fourth-order valence-electron chi connectivity index (χ4n) is 0. The number of aliphatic hydroxyl groups excluding tert-OH is 1. The van der Waals surface area contributed by atoms with Crippen LogP contribution in [-0.4, -0.2) is 11.7 Å². The van der Waals surface area contributed by atoms with Crippen LogP contribution in [0.4, 0.5) is 0 Å². The molecule has 0 bridgehead atoms. The van der Waals surface area contributed by atoms with Crippen molar-refractivity contribution in [2.45, 2.75) is 6.92 Å². The predicted octanol–water partition coefficient (Wildman–Crippen LogP) is 0.418. The Morgan fingerprint density at radius 3 is 1.60 bits per heavy atom. The van der Waals surface area contributed by atoms with Crippen LogP contribution in [0, 0.1) is 0 Å². The molecule has 1 nitrogen and oxygen atoms in total. The van der Waals surface area contributed by atoms with E-state index in [-0.39, 0.29) is 38.5 Å². The summed E-state index contributed by atoms with van der Waals surface area (Å²) in [6, 6.07) is 0. The van der Waals surface area contributed by atoms with Gasteiger partial charge in [-0.15, -0.1) is 12.4 Å². The molecule has 5 heavy (non-hydrogen) atoms. The van der Waals surface area contributed by atoms with E-state index in [1.165, 1.54) is 0 Å². The number of hydrogen-bond donors (Lipinski definition) is 1. The van der Waals surface area contributed by atoms with Crippen LogP contribution < -0.4 is 0 Å². The van der Waals surface area contributed by atoms with E-state index in [4.69, 9.17) is 5.11 Å². The molecular weight excluding hydrogens is 178 g/mol. The van der Waals surface area contributed by atoms with Gasteiger partial charge >= 0.3 is 0 Å². The van der Waals surface area contributed by atoms with Gasteiger partial charge in [-0.2, -0.15) is 0 Å². The molecule has 0 unspecified atom stereocenters. The standard InChI is InChI=1S/C2H6O.ClH.Rh/c1-2-3;;/h3H,2H2,1H3;1H;. The molecule has 0 aromatic carbocycles. The monoisotopic (exact) mass is 185 g/mol. The maximum absolute atomic E-state index is 7.57. The summed E-state index contributed by atoms with van der Waals surface area (Å²) in [6.45, 7) is 1.93. The maximum Gasteiger partial charge on any atom is 0.0402 e. The van der Waals surface area contributed by atoms with E-state index in [0.29, 0.717) is 0 Å². The smallest absolute Gasteiger partial charge is 0.0402 e. The molecular formula is C2H7ClORh. The predicted molar refractivity (Wildman–Crippen MR) is 20.0 cm³/mol. The maximum atomic E-state index is 7.57. The van der Waals surface area contributed by atoms with Crippen molar-refractivity contribution < 1.29 is 24.6 Å². The molecule has 0 aliphatic heterocycles. The Hall–Kier alpha value is 0.873. The molecule has 0 fully saturated rings. The van der Waals surface area contributed by atoms with Crippen molar-refractivity contribution in [3.8, 4) is 0 Å². The third-order valence-electron chi connectivity index (χ3n) is 0. The minimum atomic E-state index is 0. The molecule has 1 N–H and O–H groups in total. The van der Waals surface area contributed by atoms with Gasteiger partial charge in [0.05, 0.1) is 0 Å². The van der Waals surface area contributed by atoms with Gasteiger partial charge in [0.25, 0.3) is 0 Å². The molecule has 0 aliphatic rings. The van der Waals surface area contributed by atoms with Crippen LogP contribution >= 0.6 is 12.4 Å².